The molecule has 8 heteroatoms. The van der Waals surface area contributed by atoms with Gasteiger partial charge in [0.05, 0.1) is 18.4 Å². The standard InChI is InChI=1S/C18H36N4O3S/c1-4-19-18(22-13-15(2)11-16(3)14-22)20-8-10-26(23,24)21-12-17-7-5-6-9-25-17/h15-17,21H,4-14H2,1-3H3,(H,19,20). The molecule has 0 bridgehead atoms. The predicted octanol–water partition coefficient (Wildman–Crippen LogP) is 1.42. The second-order valence-electron chi connectivity index (χ2n) is 7.74. The molecule has 0 saturated carbocycles. The first-order valence-electron chi connectivity index (χ1n) is 10.0. The third-order valence-corrected chi connectivity index (χ3v) is 6.26. The average Bonchev–Trinajstić information content (AvgIpc) is 2.59. The minimum atomic E-state index is -3.33. The predicted molar refractivity (Wildman–Crippen MR) is 106 cm³/mol. The molecule has 152 valence electrons. The highest BCUT2D eigenvalue weighted by molar-refractivity contribution is 7.89. The monoisotopic (exact) mass is 388 g/mol. The number of rotatable bonds is 7. The van der Waals surface area contributed by atoms with Crippen LogP contribution in [0.3, 0.4) is 0 Å². The molecule has 2 aliphatic rings. The van der Waals surface area contributed by atoms with Crippen LogP contribution < -0.4 is 10.0 Å². The summed E-state index contributed by atoms with van der Waals surface area (Å²) in [6.07, 6.45) is 4.35. The molecule has 2 aliphatic heterocycles. The van der Waals surface area contributed by atoms with E-state index < -0.39 is 10.0 Å². The van der Waals surface area contributed by atoms with Gasteiger partial charge in [-0.05, 0) is 44.4 Å². The average molecular weight is 389 g/mol. The molecule has 0 radical (unpaired) electrons. The maximum atomic E-state index is 12.2. The number of hydrogen-bond acceptors (Lipinski definition) is 4. The fourth-order valence-corrected chi connectivity index (χ4v) is 4.71. The van der Waals surface area contributed by atoms with Crippen LogP contribution in [0.15, 0.2) is 4.99 Å². The van der Waals surface area contributed by atoms with Gasteiger partial charge < -0.3 is 15.0 Å². The molecule has 3 atom stereocenters. The van der Waals surface area contributed by atoms with Crippen molar-refractivity contribution in [2.45, 2.75) is 52.6 Å². The van der Waals surface area contributed by atoms with Gasteiger partial charge in [0, 0.05) is 32.8 Å². The smallest absolute Gasteiger partial charge is 0.213 e. The van der Waals surface area contributed by atoms with Crippen LogP contribution in [0.4, 0.5) is 0 Å². The van der Waals surface area contributed by atoms with E-state index in [1.54, 1.807) is 0 Å². The molecule has 0 aromatic heterocycles. The van der Waals surface area contributed by atoms with Crippen molar-refractivity contribution in [3.63, 3.8) is 0 Å². The van der Waals surface area contributed by atoms with Gasteiger partial charge in [0.2, 0.25) is 10.0 Å². The molecule has 3 unspecified atom stereocenters. The molecular formula is C18H36N4O3S. The number of guanidine groups is 1. The van der Waals surface area contributed by atoms with E-state index in [-0.39, 0.29) is 18.4 Å². The molecule has 0 aromatic carbocycles. The zero-order valence-electron chi connectivity index (χ0n) is 16.5. The number of sulfonamides is 1. The van der Waals surface area contributed by atoms with Crippen LogP contribution in [0.25, 0.3) is 0 Å². The molecule has 2 heterocycles. The highest BCUT2D eigenvalue weighted by atomic mass is 32.2. The highest BCUT2D eigenvalue weighted by Gasteiger charge is 2.24. The summed E-state index contributed by atoms with van der Waals surface area (Å²) in [5.74, 6) is 2.09. The van der Waals surface area contributed by atoms with E-state index in [1.165, 1.54) is 6.42 Å². The molecule has 2 rings (SSSR count). The molecule has 7 nitrogen and oxygen atoms in total. The molecule has 26 heavy (non-hydrogen) atoms. The lowest BCUT2D eigenvalue weighted by atomic mass is 9.92. The Morgan fingerprint density at radius 3 is 2.58 bits per heavy atom. The van der Waals surface area contributed by atoms with Crippen molar-refractivity contribution in [3.05, 3.63) is 0 Å². The van der Waals surface area contributed by atoms with Gasteiger partial charge in [-0.1, -0.05) is 13.8 Å². The highest BCUT2D eigenvalue weighted by Crippen LogP contribution is 2.20. The van der Waals surface area contributed by atoms with Crippen molar-refractivity contribution in [3.8, 4) is 0 Å². The quantitative estimate of drug-likeness (QED) is 0.509. The Bertz CT molecular complexity index is 537. The van der Waals surface area contributed by atoms with Gasteiger partial charge in [-0.2, -0.15) is 0 Å². The maximum Gasteiger partial charge on any atom is 0.213 e. The summed E-state index contributed by atoms with van der Waals surface area (Å²) >= 11 is 0. The van der Waals surface area contributed by atoms with Gasteiger partial charge >= 0.3 is 0 Å². The lowest BCUT2D eigenvalue weighted by molar-refractivity contribution is 0.0200. The second-order valence-corrected chi connectivity index (χ2v) is 9.67. The van der Waals surface area contributed by atoms with Crippen molar-refractivity contribution in [1.82, 2.24) is 14.9 Å². The van der Waals surface area contributed by atoms with E-state index in [0.29, 0.717) is 18.4 Å². The van der Waals surface area contributed by atoms with Gasteiger partial charge in [-0.25, -0.2) is 13.1 Å². The summed E-state index contributed by atoms with van der Waals surface area (Å²) in [6, 6.07) is 0. The number of aliphatic imine (C=N–C) groups is 1. The third kappa shape index (κ3) is 7.40. The Morgan fingerprint density at radius 1 is 1.23 bits per heavy atom. The molecule has 0 aliphatic carbocycles. The minimum absolute atomic E-state index is 0.00750. The van der Waals surface area contributed by atoms with Crippen LogP contribution in [0, 0.1) is 11.8 Å². The number of piperidine rings is 1. The molecular weight excluding hydrogens is 352 g/mol. The van der Waals surface area contributed by atoms with E-state index in [2.05, 4.69) is 33.8 Å². The van der Waals surface area contributed by atoms with Crippen molar-refractivity contribution in [1.29, 1.82) is 0 Å². The maximum absolute atomic E-state index is 12.2. The fraction of sp³-hybridized carbons (Fsp3) is 0.944. The normalized spacial score (nSPS) is 28.2. The summed E-state index contributed by atoms with van der Waals surface area (Å²) in [4.78, 5) is 6.83. The third-order valence-electron chi connectivity index (χ3n) is 4.93. The van der Waals surface area contributed by atoms with Crippen molar-refractivity contribution >= 4 is 16.0 Å². The molecule has 0 aromatic rings. The zero-order chi connectivity index (χ0) is 19.0. The van der Waals surface area contributed by atoms with Crippen LogP contribution in [0.2, 0.25) is 0 Å². The first-order valence-corrected chi connectivity index (χ1v) is 11.7. The fourth-order valence-electron chi connectivity index (χ4n) is 3.79. The summed E-state index contributed by atoms with van der Waals surface area (Å²) in [5.41, 5.74) is 0. The molecule has 0 amide bonds. The van der Waals surface area contributed by atoms with Gasteiger partial charge in [-0.3, -0.25) is 4.99 Å². The van der Waals surface area contributed by atoms with E-state index >= 15 is 0 Å². The first kappa shape index (κ1) is 21.4. The SMILES string of the molecule is CCNC(=NCCS(=O)(=O)NCC1CCCCO1)N1CC(C)CC(C)C1. The first-order chi connectivity index (χ1) is 12.4. The molecule has 2 saturated heterocycles. The number of ether oxygens (including phenoxy) is 1. The second kappa shape index (κ2) is 10.5. The Kier molecular flexibility index (Phi) is 8.63. The van der Waals surface area contributed by atoms with Gasteiger partial charge in [0.1, 0.15) is 0 Å². The summed E-state index contributed by atoms with van der Waals surface area (Å²) < 4.78 is 32.7. The van der Waals surface area contributed by atoms with Crippen LogP contribution in [0.5, 0.6) is 0 Å². The Labute approximate surface area is 159 Å². The van der Waals surface area contributed by atoms with Gasteiger partial charge in [0.15, 0.2) is 5.96 Å². The Morgan fingerprint density at radius 2 is 1.96 bits per heavy atom. The zero-order valence-corrected chi connectivity index (χ0v) is 17.4. The lowest BCUT2D eigenvalue weighted by Crippen LogP contribution is -2.48. The van der Waals surface area contributed by atoms with E-state index in [0.717, 1.165) is 51.5 Å². The molecule has 0 spiro atoms. The number of nitrogens with one attached hydrogen (secondary N) is 2. The van der Waals surface area contributed by atoms with Crippen molar-refractivity contribution < 1.29 is 13.2 Å². The minimum Gasteiger partial charge on any atom is -0.377 e. The number of likely N-dealkylation sites (tertiary alicyclic amines) is 1. The Balaban J connectivity index is 1.83. The lowest BCUT2D eigenvalue weighted by Gasteiger charge is -2.37. The van der Waals surface area contributed by atoms with Crippen molar-refractivity contribution in [2.75, 3.05) is 45.1 Å². The van der Waals surface area contributed by atoms with Crippen LogP contribution in [-0.2, 0) is 14.8 Å². The van der Waals surface area contributed by atoms with E-state index in [4.69, 9.17) is 4.74 Å². The largest absolute Gasteiger partial charge is 0.377 e. The van der Waals surface area contributed by atoms with Gasteiger partial charge in [0.25, 0.3) is 0 Å². The molecule has 2 fully saturated rings. The van der Waals surface area contributed by atoms with E-state index in [1.807, 2.05) is 6.92 Å². The summed E-state index contributed by atoms with van der Waals surface area (Å²) in [7, 11) is -3.33. The van der Waals surface area contributed by atoms with Crippen LogP contribution in [0.1, 0.15) is 46.5 Å². The summed E-state index contributed by atoms with van der Waals surface area (Å²) in [5, 5.41) is 3.30. The van der Waals surface area contributed by atoms with Crippen molar-refractivity contribution in [2.24, 2.45) is 16.8 Å². The van der Waals surface area contributed by atoms with Gasteiger partial charge in [-0.15, -0.1) is 0 Å². The molecule has 2 N–H and O–H groups in total. The van der Waals surface area contributed by atoms with E-state index in [9.17, 15) is 8.42 Å². The van der Waals surface area contributed by atoms with Crippen LogP contribution in [-0.4, -0.2) is 70.5 Å². The summed E-state index contributed by atoms with van der Waals surface area (Å²) in [6.45, 7) is 10.6. The number of nitrogens with zero attached hydrogens (tertiary/aromatic N) is 2. The number of hydrogen-bond donors (Lipinski definition) is 2. The Hall–Kier alpha value is -0.860. The topological polar surface area (TPSA) is 83.0 Å². The van der Waals surface area contributed by atoms with Crippen LogP contribution >= 0.6 is 0 Å².